The molecule has 2 fully saturated rings. The third kappa shape index (κ3) is 5.77. The number of hydrogen-bond acceptors (Lipinski definition) is 5. The first-order valence-corrected chi connectivity index (χ1v) is 12.7. The second kappa shape index (κ2) is 10.0. The number of ether oxygens (including phenoxy) is 1. The molecule has 0 spiro atoms. The summed E-state index contributed by atoms with van der Waals surface area (Å²) in [6, 6.07) is 2.66. The van der Waals surface area contributed by atoms with Crippen LogP contribution in [0.5, 0.6) is 0 Å². The lowest BCUT2D eigenvalue weighted by molar-refractivity contribution is -0.120. The molecule has 0 aromatic heterocycles. The summed E-state index contributed by atoms with van der Waals surface area (Å²) in [5.41, 5.74) is -0.0336. The number of hydrogen-bond donors (Lipinski definition) is 2. The number of anilines is 2. The maximum atomic E-state index is 14.8. The maximum Gasteiger partial charge on any atom is 0.227 e. The lowest BCUT2D eigenvalue weighted by atomic mass is 9.86. The second-order valence-corrected chi connectivity index (χ2v) is 11.4. The Morgan fingerprint density at radius 1 is 1.06 bits per heavy atom. The number of nitrogens with one attached hydrogen (secondary N) is 2. The molecule has 3 rings (SSSR count). The average Bonchev–Trinajstić information content (AvgIpc) is 2.71. The van der Waals surface area contributed by atoms with E-state index in [9.17, 15) is 22.0 Å². The molecule has 1 aliphatic carbocycles. The van der Waals surface area contributed by atoms with E-state index in [2.05, 4.69) is 10.0 Å². The Labute approximate surface area is 188 Å². The molecule has 0 bridgehead atoms. The summed E-state index contributed by atoms with van der Waals surface area (Å²) in [4.78, 5) is 14.4. The van der Waals surface area contributed by atoms with Crippen molar-refractivity contribution in [2.75, 3.05) is 23.3 Å². The molecule has 180 valence electrons. The number of halogens is 2. The topological polar surface area (TPSA) is 87.7 Å². The smallest absolute Gasteiger partial charge is 0.227 e. The fourth-order valence-electron chi connectivity index (χ4n) is 4.33. The number of sulfonamides is 1. The number of carbonyl (C=O) groups is 1. The van der Waals surface area contributed by atoms with Gasteiger partial charge in [-0.2, -0.15) is 0 Å². The van der Waals surface area contributed by atoms with E-state index in [1.54, 1.807) is 18.7 Å². The van der Waals surface area contributed by atoms with Crippen LogP contribution in [0.2, 0.25) is 0 Å². The van der Waals surface area contributed by atoms with Gasteiger partial charge >= 0.3 is 0 Å². The number of amides is 1. The van der Waals surface area contributed by atoms with Crippen molar-refractivity contribution in [1.82, 2.24) is 4.72 Å². The molecular weight excluding hydrogens is 440 g/mol. The van der Waals surface area contributed by atoms with Gasteiger partial charge in [0.05, 0.1) is 28.8 Å². The van der Waals surface area contributed by atoms with Crippen LogP contribution < -0.4 is 14.9 Å². The van der Waals surface area contributed by atoms with E-state index < -0.39 is 26.9 Å². The monoisotopic (exact) mass is 473 g/mol. The molecule has 2 atom stereocenters. The van der Waals surface area contributed by atoms with E-state index >= 15 is 0 Å². The highest BCUT2D eigenvalue weighted by Crippen LogP contribution is 2.31. The van der Waals surface area contributed by atoms with Gasteiger partial charge in [0.25, 0.3) is 0 Å². The Balaban J connectivity index is 1.61. The van der Waals surface area contributed by atoms with Crippen LogP contribution in [0.25, 0.3) is 0 Å². The summed E-state index contributed by atoms with van der Waals surface area (Å²) < 4.78 is 61.9. The Bertz CT molecular complexity index is 923. The summed E-state index contributed by atoms with van der Waals surface area (Å²) in [5, 5.41) is 1.99. The van der Waals surface area contributed by atoms with E-state index in [-0.39, 0.29) is 41.4 Å². The molecule has 0 radical (unpaired) electrons. The minimum absolute atomic E-state index is 0.0965. The van der Waals surface area contributed by atoms with E-state index in [1.807, 2.05) is 13.8 Å². The molecule has 1 amide bonds. The van der Waals surface area contributed by atoms with E-state index in [0.717, 1.165) is 0 Å². The van der Waals surface area contributed by atoms with Crippen LogP contribution in [0.15, 0.2) is 12.1 Å². The van der Waals surface area contributed by atoms with Gasteiger partial charge in [0.2, 0.25) is 15.9 Å². The quantitative estimate of drug-likeness (QED) is 0.661. The highest BCUT2D eigenvalue weighted by Gasteiger charge is 2.31. The molecule has 1 heterocycles. The maximum absolute atomic E-state index is 14.8. The molecule has 32 heavy (non-hydrogen) atoms. The minimum Gasteiger partial charge on any atom is -0.372 e. The molecule has 1 saturated heterocycles. The van der Waals surface area contributed by atoms with Gasteiger partial charge in [-0.1, -0.05) is 0 Å². The van der Waals surface area contributed by atoms with Crippen molar-refractivity contribution in [3.05, 3.63) is 23.8 Å². The fraction of sp³-hybridized carbons (Fsp3) is 0.682. The highest BCUT2D eigenvalue weighted by molar-refractivity contribution is 7.90. The molecular formula is C22H33F2N3O4S. The first kappa shape index (κ1) is 24.9. The van der Waals surface area contributed by atoms with Crippen LogP contribution >= 0.6 is 0 Å². The predicted molar refractivity (Wildman–Crippen MR) is 120 cm³/mol. The lowest BCUT2D eigenvalue weighted by Gasteiger charge is -2.37. The van der Waals surface area contributed by atoms with Crippen LogP contribution in [-0.2, 0) is 19.6 Å². The number of morpholine rings is 1. The number of carbonyl (C=O) groups excluding carboxylic acids is 1. The van der Waals surface area contributed by atoms with Crippen molar-refractivity contribution in [2.24, 2.45) is 5.92 Å². The third-order valence-electron chi connectivity index (χ3n) is 6.13. The zero-order valence-corrected chi connectivity index (χ0v) is 19.8. The van der Waals surface area contributed by atoms with E-state index in [1.165, 1.54) is 12.1 Å². The summed E-state index contributed by atoms with van der Waals surface area (Å²) >= 11 is 0. The average molecular weight is 474 g/mol. The minimum atomic E-state index is -3.37. The van der Waals surface area contributed by atoms with Crippen molar-refractivity contribution in [1.29, 1.82) is 0 Å². The molecule has 1 aromatic carbocycles. The van der Waals surface area contributed by atoms with Crippen LogP contribution in [0.3, 0.4) is 0 Å². The van der Waals surface area contributed by atoms with Crippen molar-refractivity contribution in [2.45, 2.75) is 76.9 Å². The number of benzene rings is 1. The van der Waals surface area contributed by atoms with Crippen molar-refractivity contribution in [3.63, 3.8) is 0 Å². The SMILES string of the molecule is CC(C)S(=O)(=O)N[C@H]1CC[C@H](C(=O)Nc2ccc(N3C[C@@H](C)O[C@@H](C)C3)c(F)c2F)CC1. The Morgan fingerprint density at radius 2 is 1.66 bits per heavy atom. The molecule has 1 aliphatic heterocycles. The van der Waals surface area contributed by atoms with Gasteiger partial charge in [0, 0.05) is 25.0 Å². The summed E-state index contributed by atoms with van der Waals surface area (Å²) in [5.74, 6) is -2.83. The normalized spacial score (nSPS) is 26.9. The third-order valence-corrected chi connectivity index (χ3v) is 8.03. The zero-order chi connectivity index (χ0) is 23.6. The van der Waals surface area contributed by atoms with Gasteiger partial charge in [0.15, 0.2) is 11.6 Å². The summed E-state index contributed by atoms with van der Waals surface area (Å²) in [6.45, 7) is 7.90. The van der Waals surface area contributed by atoms with Crippen LogP contribution in [0.1, 0.15) is 53.4 Å². The molecule has 10 heteroatoms. The van der Waals surface area contributed by atoms with Gasteiger partial charge in [-0.3, -0.25) is 4.79 Å². The largest absolute Gasteiger partial charge is 0.372 e. The first-order valence-electron chi connectivity index (χ1n) is 11.2. The van der Waals surface area contributed by atoms with Crippen LogP contribution in [-0.4, -0.2) is 50.9 Å². The van der Waals surface area contributed by atoms with Crippen LogP contribution in [0.4, 0.5) is 20.2 Å². The van der Waals surface area contributed by atoms with Crippen LogP contribution in [0, 0.1) is 17.6 Å². The number of rotatable bonds is 6. The van der Waals surface area contributed by atoms with Gasteiger partial charge < -0.3 is 15.0 Å². The predicted octanol–water partition coefficient (Wildman–Crippen LogP) is 3.40. The van der Waals surface area contributed by atoms with Gasteiger partial charge in [0.1, 0.15) is 0 Å². The Kier molecular flexibility index (Phi) is 7.77. The summed E-state index contributed by atoms with van der Waals surface area (Å²) in [7, 11) is -3.37. The van der Waals surface area contributed by atoms with Gasteiger partial charge in [-0.25, -0.2) is 21.9 Å². The Hall–Kier alpha value is -1.78. The van der Waals surface area contributed by atoms with Crippen molar-refractivity contribution in [3.8, 4) is 0 Å². The zero-order valence-electron chi connectivity index (χ0n) is 19.0. The van der Waals surface area contributed by atoms with E-state index in [0.29, 0.717) is 38.8 Å². The molecule has 1 aromatic rings. The highest BCUT2D eigenvalue weighted by atomic mass is 32.2. The molecule has 2 aliphatic rings. The Morgan fingerprint density at radius 3 is 2.22 bits per heavy atom. The first-order chi connectivity index (χ1) is 15.0. The molecule has 7 nitrogen and oxygen atoms in total. The lowest BCUT2D eigenvalue weighted by Crippen LogP contribution is -2.46. The standard InChI is InChI=1S/C22H33F2N3O4S/c1-13(2)32(29,30)26-17-7-5-16(6-8-17)22(28)25-18-9-10-19(21(24)20(18)23)27-11-14(3)31-15(4)12-27/h9-10,13-17,26H,5-8,11-12H2,1-4H3,(H,25,28)/t14-,15+,16-,17-. The van der Waals surface area contributed by atoms with Crippen molar-refractivity contribution >= 4 is 27.3 Å². The fourth-order valence-corrected chi connectivity index (χ4v) is 5.30. The molecule has 0 unspecified atom stereocenters. The number of nitrogens with zero attached hydrogens (tertiary/aromatic N) is 1. The van der Waals surface area contributed by atoms with Crippen molar-refractivity contribution < 1.29 is 26.7 Å². The van der Waals surface area contributed by atoms with Gasteiger partial charge in [-0.15, -0.1) is 0 Å². The van der Waals surface area contributed by atoms with Gasteiger partial charge in [-0.05, 0) is 65.5 Å². The molecule has 1 saturated carbocycles. The summed E-state index contributed by atoms with van der Waals surface area (Å²) in [6.07, 6.45) is 1.80. The second-order valence-electron chi connectivity index (χ2n) is 9.17. The van der Waals surface area contributed by atoms with E-state index in [4.69, 9.17) is 4.74 Å². The molecule has 2 N–H and O–H groups in total.